The summed E-state index contributed by atoms with van der Waals surface area (Å²) in [5.41, 5.74) is 1.54. The summed E-state index contributed by atoms with van der Waals surface area (Å²) in [7, 11) is 0. The van der Waals surface area contributed by atoms with Gasteiger partial charge in [0.1, 0.15) is 0 Å². The third kappa shape index (κ3) is 4.51. The fourth-order valence-electron chi connectivity index (χ4n) is 3.47. The van der Waals surface area contributed by atoms with Crippen LogP contribution < -0.4 is 5.11 Å². The first-order valence-corrected chi connectivity index (χ1v) is 9.56. The standard InChI is InChI=1S/C16H15N.C6H3N3O7/c1-16(2)13-10-6-7-11-14(13)17-15(16)12-8-4-3-5-9-12;10-6-4(8(13)14)1-3(7(11)12)2-5(6)9(15)16/h3-11H,1-2H3;1-2,10H/p-1. The van der Waals surface area contributed by atoms with E-state index in [4.69, 9.17) is 4.99 Å². The Bertz CT molecular complexity index is 1250. The molecule has 3 aromatic carbocycles. The molecule has 11 nitrogen and oxygen atoms in total. The van der Waals surface area contributed by atoms with E-state index in [1.165, 1.54) is 16.8 Å². The van der Waals surface area contributed by atoms with Gasteiger partial charge in [-0.2, -0.15) is 0 Å². The summed E-state index contributed by atoms with van der Waals surface area (Å²) in [5.74, 6) is -1.46. The number of benzene rings is 3. The number of nitrogens with zero attached hydrogens (tertiary/aromatic N) is 4. The smallest absolute Gasteiger partial charge is 0.283 e. The highest BCUT2D eigenvalue weighted by molar-refractivity contribution is 6.12. The van der Waals surface area contributed by atoms with Gasteiger partial charge in [-0.3, -0.25) is 35.3 Å². The van der Waals surface area contributed by atoms with Gasteiger partial charge in [-0.25, -0.2) is 0 Å². The second-order valence-corrected chi connectivity index (χ2v) is 7.55. The molecule has 0 fully saturated rings. The van der Waals surface area contributed by atoms with Crippen LogP contribution in [0, 0.1) is 30.3 Å². The quantitative estimate of drug-likeness (QED) is 0.415. The Kier molecular flexibility index (Phi) is 6.15. The van der Waals surface area contributed by atoms with Gasteiger partial charge < -0.3 is 5.11 Å². The van der Waals surface area contributed by atoms with E-state index in [1.807, 2.05) is 12.1 Å². The molecule has 0 bridgehead atoms. The van der Waals surface area contributed by atoms with Crippen LogP contribution >= 0.6 is 0 Å². The lowest BCUT2D eigenvalue weighted by Crippen LogP contribution is -2.26. The molecule has 0 spiro atoms. The van der Waals surface area contributed by atoms with Crippen LogP contribution in [-0.4, -0.2) is 20.5 Å². The van der Waals surface area contributed by atoms with Crippen LogP contribution in [-0.2, 0) is 5.41 Å². The van der Waals surface area contributed by atoms with Crippen LogP contribution in [0.1, 0.15) is 25.0 Å². The van der Waals surface area contributed by atoms with Gasteiger partial charge in [0.2, 0.25) is 0 Å². The minimum atomic E-state index is -1.46. The normalized spacial score (nSPS) is 13.2. The molecule has 0 saturated carbocycles. The lowest BCUT2D eigenvalue weighted by Gasteiger charge is -2.22. The van der Waals surface area contributed by atoms with Crippen molar-refractivity contribution >= 4 is 28.5 Å². The number of rotatable bonds is 4. The second kappa shape index (κ2) is 8.83. The molecule has 0 aliphatic carbocycles. The predicted octanol–water partition coefficient (Wildman–Crippen LogP) is 4.58. The summed E-state index contributed by atoms with van der Waals surface area (Å²) >= 11 is 0. The minimum Gasteiger partial charge on any atom is -0.863 e. The first-order valence-electron chi connectivity index (χ1n) is 9.56. The lowest BCUT2D eigenvalue weighted by molar-refractivity contribution is -0.420. The topological polar surface area (TPSA) is 165 Å². The van der Waals surface area contributed by atoms with Crippen molar-refractivity contribution in [3.63, 3.8) is 0 Å². The highest BCUT2D eigenvalue weighted by Gasteiger charge is 2.35. The van der Waals surface area contributed by atoms with Crippen LogP contribution in [0.5, 0.6) is 5.75 Å². The molecule has 0 aromatic heterocycles. The number of fused-ring (bicyclic) bond motifs is 1. The van der Waals surface area contributed by atoms with Crippen LogP contribution in [0.3, 0.4) is 0 Å². The SMILES string of the molecule is CC1(C)C(c2ccccc2)=Nc2ccccc21.O=[N+]([O-])c1cc([N+](=O)[O-])c([O-])c([N+](=O)[O-])c1. The number of para-hydroxylation sites is 1. The monoisotopic (exact) mass is 449 g/mol. The molecule has 1 aliphatic heterocycles. The molecule has 11 heteroatoms. The fraction of sp³-hybridized carbons (Fsp3) is 0.136. The third-order valence-electron chi connectivity index (χ3n) is 5.09. The first kappa shape index (κ1) is 23.0. The molecule has 0 saturated heterocycles. The molecular formula is C22H17N4O7-. The number of nitro benzene ring substituents is 3. The van der Waals surface area contributed by atoms with E-state index in [2.05, 4.69) is 56.3 Å². The summed E-state index contributed by atoms with van der Waals surface area (Å²) in [6.45, 7) is 4.48. The third-order valence-corrected chi connectivity index (χ3v) is 5.09. The molecule has 0 atom stereocenters. The van der Waals surface area contributed by atoms with Crippen molar-refractivity contribution in [2.24, 2.45) is 4.99 Å². The molecule has 1 aliphatic rings. The van der Waals surface area contributed by atoms with Gasteiger partial charge >= 0.3 is 0 Å². The van der Waals surface area contributed by atoms with Crippen molar-refractivity contribution < 1.29 is 19.9 Å². The van der Waals surface area contributed by atoms with Gasteiger partial charge in [-0.15, -0.1) is 0 Å². The second-order valence-electron chi connectivity index (χ2n) is 7.55. The fourth-order valence-corrected chi connectivity index (χ4v) is 3.47. The molecule has 1 heterocycles. The first-order chi connectivity index (χ1) is 15.5. The van der Waals surface area contributed by atoms with E-state index >= 15 is 0 Å². The summed E-state index contributed by atoms with van der Waals surface area (Å²) in [4.78, 5) is 32.3. The van der Waals surface area contributed by atoms with E-state index in [9.17, 15) is 35.4 Å². The van der Waals surface area contributed by atoms with Crippen LogP contribution in [0.4, 0.5) is 22.7 Å². The number of aliphatic imine (C=N–C) groups is 1. The number of hydrogen-bond acceptors (Lipinski definition) is 8. The van der Waals surface area contributed by atoms with E-state index in [0.717, 1.165) is 5.69 Å². The van der Waals surface area contributed by atoms with E-state index in [0.29, 0.717) is 12.1 Å². The lowest BCUT2D eigenvalue weighted by atomic mass is 9.79. The Morgan fingerprint density at radius 3 is 1.76 bits per heavy atom. The van der Waals surface area contributed by atoms with Crippen LogP contribution in [0.15, 0.2) is 71.7 Å². The predicted molar refractivity (Wildman–Crippen MR) is 118 cm³/mol. The van der Waals surface area contributed by atoms with E-state index in [1.54, 1.807) is 0 Å². The minimum absolute atomic E-state index is 0.00204. The average Bonchev–Trinajstić information content (AvgIpc) is 3.05. The summed E-state index contributed by atoms with van der Waals surface area (Å²) in [5, 5.41) is 42.1. The summed E-state index contributed by atoms with van der Waals surface area (Å²) in [6.07, 6.45) is 0. The highest BCUT2D eigenvalue weighted by atomic mass is 16.6. The van der Waals surface area contributed by atoms with Gasteiger partial charge in [0.05, 0.1) is 44.1 Å². The molecule has 0 N–H and O–H groups in total. The zero-order valence-corrected chi connectivity index (χ0v) is 17.5. The van der Waals surface area contributed by atoms with Crippen molar-refractivity contribution in [1.29, 1.82) is 0 Å². The molecular weight excluding hydrogens is 432 g/mol. The number of nitro groups is 3. The van der Waals surface area contributed by atoms with Crippen molar-refractivity contribution in [2.45, 2.75) is 19.3 Å². The van der Waals surface area contributed by atoms with E-state index < -0.39 is 37.6 Å². The van der Waals surface area contributed by atoms with Gasteiger partial charge in [0.15, 0.2) is 0 Å². The Morgan fingerprint density at radius 2 is 1.27 bits per heavy atom. The Labute approximate surface area is 187 Å². The number of non-ortho nitro benzene ring substituents is 1. The van der Waals surface area contributed by atoms with Crippen molar-refractivity contribution in [3.05, 3.63) is 108 Å². The molecule has 3 aromatic rings. The van der Waals surface area contributed by atoms with Crippen molar-refractivity contribution in [2.75, 3.05) is 0 Å². The van der Waals surface area contributed by atoms with Gasteiger partial charge in [0, 0.05) is 5.41 Å². The zero-order valence-electron chi connectivity index (χ0n) is 17.5. The Morgan fingerprint density at radius 1 is 0.758 bits per heavy atom. The van der Waals surface area contributed by atoms with Gasteiger partial charge in [-0.1, -0.05) is 62.4 Å². The Hall–Kier alpha value is -4.67. The summed E-state index contributed by atoms with van der Waals surface area (Å²) in [6, 6.07) is 19.6. The zero-order chi connectivity index (χ0) is 24.3. The highest BCUT2D eigenvalue weighted by Crippen LogP contribution is 2.41. The molecule has 0 radical (unpaired) electrons. The maximum absolute atomic E-state index is 11.1. The van der Waals surface area contributed by atoms with Crippen LogP contribution in [0.25, 0.3) is 0 Å². The van der Waals surface area contributed by atoms with Gasteiger partial charge in [-0.05, 0) is 17.2 Å². The average molecular weight is 449 g/mol. The Balaban J connectivity index is 0.000000186. The largest absolute Gasteiger partial charge is 0.863 e. The maximum Gasteiger partial charge on any atom is 0.283 e. The molecule has 33 heavy (non-hydrogen) atoms. The van der Waals surface area contributed by atoms with Crippen LogP contribution in [0.2, 0.25) is 0 Å². The van der Waals surface area contributed by atoms with Gasteiger partial charge in [0.25, 0.3) is 17.1 Å². The summed E-state index contributed by atoms with van der Waals surface area (Å²) < 4.78 is 0. The molecule has 4 rings (SSSR count). The molecule has 168 valence electrons. The molecule has 0 amide bonds. The van der Waals surface area contributed by atoms with Crippen molar-refractivity contribution in [3.8, 4) is 5.75 Å². The van der Waals surface area contributed by atoms with Crippen molar-refractivity contribution in [1.82, 2.24) is 0 Å². The molecule has 0 unspecified atom stereocenters. The van der Waals surface area contributed by atoms with E-state index in [-0.39, 0.29) is 5.41 Å². The number of hydrogen-bond donors (Lipinski definition) is 0. The maximum atomic E-state index is 11.1.